The van der Waals surface area contributed by atoms with E-state index in [0.29, 0.717) is 0 Å². The Hall–Kier alpha value is -4.36. The molecule has 6 aromatic rings. The minimum Gasteiger partial charge on any atom is -0.313 e. The first kappa shape index (κ1) is 21.2. The Bertz CT molecular complexity index is 1760. The van der Waals surface area contributed by atoms with Crippen LogP contribution in [0.5, 0.6) is 0 Å². The maximum absolute atomic E-state index is 3.89. The molecular formula is C34H27N. The Kier molecular flexibility index (Phi) is 5.12. The number of aromatic nitrogens is 1. The first-order valence-electron chi connectivity index (χ1n) is 12.1. The molecule has 0 amide bonds. The number of aryl methyl sites for hydroxylation is 1. The van der Waals surface area contributed by atoms with Crippen LogP contribution in [0.1, 0.15) is 16.8 Å². The third-order valence-corrected chi connectivity index (χ3v) is 7.09. The van der Waals surface area contributed by atoms with Gasteiger partial charge in [0.25, 0.3) is 0 Å². The highest BCUT2D eigenvalue weighted by molar-refractivity contribution is 6.12. The van der Waals surface area contributed by atoms with Crippen LogP contribution in [-0.4, -0.2) is 4.57 Å². The minimum atomic E-state index is 1.17. The molecule has 1 heterocycles. The summed E-state index contributed by atoms with van der Waals surface area (Å²) in [5.41, 5.74) is 8.71. The van der Waals surface area contributed by atoms with Gasteiger partial charge in [-0.05, 0) is 70.3 Å². The predicted molar refractivity (Wildman–Crippen MR) is 152 cm³/mol. The molecule has 1 aromatic heterocycles. The lowest BCUT2D eigenvalue weighted by Crippen LogP contribution is -1.97. The molecule has 0 spiro atoms. The maximum atomic E-state index is 3.89. The highest BCUT2D eigenvalue weighted by atomic mass is 15.0. The summed E-state index contributed by atoms with van der Waals surface area (Å²) in [7, 11) is 0. The van der Waals surface area contributed by atoms with E-state index < -0.39 is 0 Å². The largest absolute Gasteiger partial charge is 0.313 e. The van der Waals surface area contributed by atoms with Crippen LogP contribution in [0.4, 0.5) is 0 Å². The minimum absolute atomic E-state index is 1.17. The molecule has 0 saturated carbocycles. The lowest BCUT2D eigenvalue weighted by atomic mass is 9.94. The van der Waals surface area contributed by atoms with Crippen molar-refractivity contribution in [1.82, 2.24) is 4.57 Å². The van der Waals surface area contributed by atoms with Crippen molar-refractivity contribution < 1.29 is 0 Å². The fourth-order valence-electron chi connectivity index (χ4n) is 5.45. The summed E-state index contributed by atoms with van der Waals surface area (Å²) >= 11 is 0. The third-order valence-electron chi connectivity index (χ3n) is 7.09. The molecule has 1 nitrogen and oxygen atoms in total. The average molecular weight is 450 g/mol. The molecule has 0 radical (unpaired) electrons. The molecule has 0 fully saturated rings. The number of rotatable bonds is 4. The van der Waals surface area contributed by atoms with Gasteiger partial charge < -0.3 is 4.57 Å². The van der Waals surface area contributed by atoms with E-state index in [-0.39, 0.29) is 0 Å². The summed E-state index contributed by atoms with van der Waals surface area (Å²) in [5.74, 6) is 0. The molecule has 0 saturated heterocycles. The lowest BCUT2D eigenvalue weighted by molar-refractivity contribution is 1.05. The normalized spacial score (nSPS) is 11.7. The van der Waals surface area contributed by atoms with Gasteiger partial charge in [-0.3, -0.25) is 0 Å². The molecule has 0 N–H and O–H groups in total. The number of nitrogens with zero attached hydrogens (tertiary/aromatic N) is 1. The van der Waals surface area contributed by atoms with Crippen molar-refractivity contribution >= 4 is 38.5 Å². The molecule has 0 atom stereocenters. The van der Waals surface area contributed by atoms with Gasteiger partial charge in [0.05, 0.1) is 5.52 Å². The summed E-state index contributed by atoms with van der Waals surface area (Å²) in [6.45, 7) is 8.29. The van der Waals surface area contributed by atoms with E-state index in [4.69, 9.17) is 0 Å². The highest BCUT2D eigenvalue weighted by Gasteiger charge is 2.16. The molecule has 0 aliphatic heterocycles. The van der Waals surface area contributed by atoms with Crippen molar-refractivity contribution in [3.05, 3.63) is 133 Å². The van der Waals surface area contributed by atoms with Crippen molar-refractivity contribution in [3.63, 3.8) is 0 Å². The molecule has 0 aliphatic carbocycles. The second-order valence-corrected chi connectivity index (χ2v) is 9.14. The second-order valence-electron chi connectivity index (χ2n) is 9.14. The molecule has 0 bridgehead atoms. The van der Waals surface area contributed by atoms with Gasteiger partial charge in [-0.1, -0.05) is 104 Å². The molecule has 168 valence electrons. The van der Waals surface area contributed by atoms with Crippen LogP contribution in [-0.2, 0) is 0 Å². The summed E-state index contributed by atoms with van der Waals surface area (Å²) in [5, 5.41) is 6.39. The molecule has 0 unspecified atom stereocenters. The summed E-state index contributed by atoms with van der Waals surface area (Å²) < 4.78 is 2.38. The van der Waals surface area contributed by atoms with Crippen molar-refractivity contribution in [2.45, 2.75) is 13.8 Å². The van der Waals surface area contributed by atoms with Crippen LogP contribution < -0.4 is 0 Å². The van der Waals surface area contributed by atoms with Crippen molar-refractivity contribution in [2.24, 2.45) is 0 Å². The molecule has 35 heavy (non-hydrogen) atoms. The maximum Gasteiger partial charge on any atom is 0.0544 e. The number of allylic oxidation sites excluding steroid dienone is 2. The Balaban J connectivity index is 1.57. The van der Waals surface area contributed by atoms with Gasteiger partial charge in [0.1, 0.15) is 0 Å². The predicted octanol–water partition coefficient (Wildman–Crippen LogP) is 9.42. The van der Waals surface area contributed by atoms with Gasteiger partial charge in [-0.2, -0.15) is 0 Å². The summed E-state index contributed by atoms with van der Waals surface area (Å²) in [6.07, 6.45) is 6.05. The van der Waals surface area contributed by atoms with Crippen LogP contribution in [0, 0.1) is 13.8 Å². The van der Waals surface area contributed by atoms with Gasteiger partial charge in [-0.15, -0.1) is 0 Å². The van der Waals surface area contributed by atoms with Crippen LogP contribution >= 0.6 is 0 Å². The Morgan fingerprint density at radius 3 is 2.09 bits per heavy atom. The Labute approximate surface area is 206 Å². The van der Waals surface area contributed by atoms with E-state index >= 15 is 0 Å². The molecule has 5 aromatic carbocycles. The fourth-order valence-corrected chi connectivity index (χ4v) is 5.45. The Morgan fingerprint density at radius 2 is 1.34 bits per heavy atom. The Morgan fingerprint density at radius 1 is 0.686 bits per heavy atom. The van der Waals surface area contributed by atoms with E-state index in [1.165, 1.54) is 66.1 Å². The van der Waals surface area contributed by atoms with Crippen molar-refractivity contribution in [1.29, 1.82) is 0 Å². The highest BCUT2D eigenvalue weighted by Crippen LogP contribution is 2.37. The smallest absolute Gasteiger partial charge is 0.0544 e. The van der Waals surface area contributed by atoms with Crippen molar-refractivity contribution in [2.75, 3.05) is 0 Å². The van der Waals surface area contributed by atoms with Crippen LogP contribution in [0.3, 0.4) is 0 Å². The van der Waals surface area contributed by atoms with E-state index in [0.717, 1.165) is 0 Å². The van der Waals surface area contributed by atoms with Gasteiger partial charge >= 0.3 is 0 Å². The zero-order valence-corrected chi connectivity index (χ0v) is 20.1. The van der Waals surface area contributed by atoms with E-state index in [1.54, 1.807) is 0 Å². The fraction of sp³-hybridized carbons (Fsp3) is 0.0588. The van der Waals surface area contributed by atoms with Crippen LogP contribution in [0.25, 0.3) is 55.3 Å². The average Bonchev–Trinajstić information content (AvgIpc) is 3.19. The SMILES string of the molecule is C=C/C=C\c1c(C)n(-c2ccc(-c3c(C)ccc4ccccc34)cc2)c2ccc3ccccc3c12. The topological polar surface area (TPSA) is 4.93 Å². The van der Waals surface area contributed by atoms with Gasteiger partial charge in [-0.25, -0.2) is 0 Å². The number of fused-ring (bicyclic) bond motifs is 4. The quantitative estimate of drug-likeness (QED) is 0.236. The van der Waals surface area contributed by atoms with Crippen LogP contribution in [0.15, 0.2) is 116 Å². The zero-order chi connectivity index (χ0) is 23.9. The van der Waals surface area contributed by atoms with E-state index in [9.17, 15) is 0 Å². The first-order chi connectivity index (χ1) is 17.2. The molecule has 6 rings (SSSR count). The molecule has 1 heteroatoms. The van der Waals surface area contributed by atoms with Gasteiger partial charge in [0.15, 0.2) is 0 Å². The van der Waals surface area contributed by atoms with E-state index in [2.05, 4.69) is 128 Å². The lowest BCUT2D eigenvalue weighted by Gasteiger charge is -2.13. The standard InChI is InChI=1S/C34H27N/c1-4-5-12-29-24(3)35(32-22-19-26-11-7-9-14-31(26)34(29)32)28-20-17-27(18-21-28)33-23(2)15-16-25-10-6-8-13-30(25)33/h4-22H,1H2,2-3H3/b12-5-. The van der Waals surface area contributed by atoms with Gasteiger partial charge in [0.2, 0.25) is 0 Å². The second kappa shape index (κ2) is 8.45. The summed E-state index contributed by atoms with van der Waals surface area (Å²) in [4.78, 5) is 0. The van der Waals surface area contributed by atoms with Crippen LogP contribution in [0.2, 0.25) is 0 Å². The number of hydrogen-bond donors (Lipinski definition) is 0. The third kappa shape index (κ3) is 3.40. The molecular weight excluding hydrogens is 422 g/mol. The van der Waals surface area contributed by atoms with Gasteiger partial charge in [0, 0.05) is 22.3 Å². The monoisotopic (exact) mass is 449 g/mol. The number of hydrogen-bond acceptors (Lipinski definition) is 0. The zero-order valence-electron chi connectivity index (χ0n) is 20.1. The van der Waals surface area contributed by atoms with Crippen molar-refractivity contribution in [3.8, 4) is 16.8 Å². The molecule has 0 aliphatic rings. The van der Waals surface area contributed by atoms with E-state index in [1.807, 2.05) is 12.2 Å². The summed E-state index contributed by atoms with van der Waals surface area (Å²) in [6, 6.07) is 35.2. The first-order valence-corrected chi connectivity index (χ1v) is 12.1. The number of benzene rings is 5.